The molecule has 1 aromatic heterocycles. The van der Waals surface area contributed by atoms with Crippen molar-refractivity contribution in [3.05, 3.63) is 11.4 Å². The summed E-state index contributed by atoms with van der Waals surface area (Å²) in [5.74, 6) is 0.763. The molecule has 0 aromatic carbocycles. The first-order valence-corrected chi connectivity index (χ1v) is 5.93. The first-order valence-electron chi connectivity index (χ1n) is 5.93. The molecule has 1 fully saturated rings. The van der Waals surface area contributed by atoms with Crippen LogP contribution in [0.15, 0.2) is 4.63 Å². The van der Waals surface area contributed by atoms with Crippen molar-refractivity contribution in [1.29, 1.82) is 0 Å². The standard InChI is InChI=1S/C11H20N4O/c1-9-11(14-16-13-9)7-12-6-10-4-3-5-15(2)8-10/h10,12H,3-8H2,1-2H3. The third-order valence-electron chi connectivity index (χ3n) is 3.19. The monoisotopic (exact) mass is 224 g/mol. The highest BCUT2D eigenvalue weighted by Crippen LogP contribution is 2.14. The molecule has 1 aliphatic rings. The van der Waals surface area contributed by atoms with E-state index in [1.807, 2.05) is 6.92 Å². The zero-order valence-corrected chi connectivity index (χ0v) is 10.1. The number of nitrogens with one attached hydrogen (secondary N) is 1. The van der Waals surface area contributed by atoms with Crippen LogP contribution in [0.2, 0.25) is 0 Å². The highest BCUT2D eigenvalue weighted by atomic mass is 16.6. The second-order valence-electron chi connectivity index (χ2n) is 4.70. The average molecular weight is 224 g/mol. The van der Waals surface area contributed by atoms with E-state index in [0.29, 0.717) is 0 Å². The molecule has 0 bridgehead atoms. The third kappa shape index (κ3) is 3.02. The van der Waals surface area contributed by atoms with E-state index in [4.69, 9.17) is 0 Å². The van der Waals surface area contributed by atoms with Gasteiger partial charge in [0.15, 0.2) is 0 Å². The summed E-state index contributed by atoms with van der Waals surface area (Å²) in [5.41, 5.74) is 1.80. The molecule has 2 heterocycles. The quantitative estimate of drug-likeness (QED) is 0.820. The Kier molecular flexibility index (Phi) is 3.90. The van der Waals surface area contributed by atoms with Crippen LogP contribution in [0.25, 0.3) is 0 Å². The molecular formula is C11H20N4O. The summed E-state index contributed by atoms with van der Waals surface area (Å²) in [6.07, 6.45) is 2.64. The van der Waals surface area contributed by atoms with E-state index >= 15 is 0 Å². The SMILES string of the molecule is Cc1nonc1CNCC1CCCN(C)C1. The molecule has 90 valence electrons. The van der Waals surface area contributed by atoms with Crippen LogP contribution >= 0.6 is 0 Å². The number of aryl methyl sites for hydroxylation is 1. The summed E-state index contributed by atoms with van der Waals surface area (Å²) in [4.78, 5) is 2.40. The van der Waals surface area contributed by atoms with Crippen molar-refractivity contribution in [3.8, 4) is 0 Å². The lowest BCUT2D eigenvalue weighted by Crippen LogP contribution is -2.37. The molecule has 2 rings (SSSR count). The van der Waals surface area contributed by atoms with Gasteiger partial charge in [-0.05, 0) is 45.8 Å². The normalized spacial score (nSPS) is 22.5. The molecule has 5 heteroatoms. The first-order chi connectivity index (χ1) is 7.75. The van der Waals surface area contributed by atoms with Crippen molar-refractivity contribution in [3.63, 3.8) is 0 Å². The lowest BCUT2D eigenvalue weighted by atomic mass is 9.98. The van der Waals surface area contributed by atoms with Gasteiger partial charge in [-0.2, -0.15) is 0 Å². The van der Waals surface area contributed by atoms with Gasteiger partial charge in [0.2, 0.25) is 0 Å². The van der Waals surface area contributed by atoms with Crippen LogP contribution in [-0.4, -0.2) is 41.9 Å². The number of aromatic nitrogens is 2. The maximum Gasteiger partial charge on any atom is 0.121 e. The van der Waals surface area contributed by atoms with Crippen molar-refractivity contribution >= 4 is 0 Å². The molecule has 0 saturated carbocycles. The van der Waals surface area contributed by atoms with Crippen molar-refractivity contribution < 1.29 is 4.63 Å². The minimum atomic E-state index is 0.759. The number of hydrogen-bond acceptors (Lipinski definition) is 5. The minimum Gasteiger partial charge on any atom is -0.311 e. The minimum absolute atomic E-state index is 0.759. The first kappa shape index (κ1) is 11.5. The van der Waals surface area contributed by atoms with E-state index in [2.05, 4.69) is 32.2 Å². The molecule has 1 atom stereocenters. The summed E-state index contributed by atoms with van der Waals surface area (Å²) in [6, 6.07) is 0. The van der Waals surface area contributed by atoms with Gasteiger partial charge in [-0.15, -0.1) is 0 Å². The second kappa shape index (κ2) is 5.41. The predicted octanol–water partition coefficient (Wildman–Crippen LogP) is 0.809. The summed E-state index contributed by atoms with van der Waals surface area (Å²) in [5, 5.41) is 11.0. The molecular weight excluding hydrogens is 204 g/mol. The molecule has 1 N–H and O–H groups in total. The highest BCUT2D eigenvalue weighted by Gasteiger charge is 2.16. The summed E-state index contributed by atoms with van der Waals surface area (Å²) in [7, 11) is 2.19. The average Bonchev–Trinajstić information content (AvgIpc) is 2.65. The van der Waals surface area contributed by atoms with Crippen LogP contribution in [0.5, 0.6) is 0 Å². The maximum absolute atomic E-state index is 4.66. The van der Waals surface area contributed by atoms with Gasteiger partial charge in [0.1, 0.15) is 11.4 Å². The Morgan fingerprint density at radius 3 is 3.06 bits per heavy atom. The van der Waals surface area contributed by atoms with E-state index in [9.17, 15) is 0 Å². The van der Waals surface area contributed by atoms with Crippen LogP contribution < -0.4 is 5.32 Å². The molecule has 0 spiro atoms. The second-order valence-corrected chi connectivity index (χ2v) is 4.70. The van der Waals surface area contributed by atoms with Gasteiger partial charge in [-0.25, -0.2) is 4.63 Å². The van der Waals surface area contributed by atoms with Gasteiger partial charge in [0, 0.05) is 13.1 Å². The Labute approximate surface area is 96.2 Å². The Balaban J connectivity index is 1.70. The van der Waals surface area contributed by atoms with Crippen LogP contribution in [0, 0.1) is 12.8 Å². The van der Waals surface area contributed by atoms with E-state index < -0.39 is 0 Å². The molecule has 5 nitrogen and oxygen atoms in total. The summed E-state index contributed by atoms with van der Waals surface area (Å²) in [6.45, 7) is 6.17. The van der Waals surface area contributed by atoms with Gasteiger partial charge >= 0.3 is 0 Å². The topological polar surface area (TPSA) is 54.2 Å². The fourth-order valence-electron chi connectivity index (χ4n) is 2.24. The molecule has 1 aromatic rings. The fraction of sp³-hybridized carbons (Fsp3) is 0.818. The van der Waals surface area contributed by atoms with Gasteiger partial charge in [-0.3, -0.25) is 0 Å². The van der Waals surface area contributed by atoms with E-state index in [0.717, 1.165) is 30.4 Å². The zero-order valence-electron chi connectivity index (χ0n) is 10.1. The molecule has 1 saturated heterocycles. The molecule has 16 heavy (non-hydrogen) atoms. The smallest absolute Gasteiger partial charge is 0.121 e. The zero-order chi connectivity index (χ0) is 11.4. The van der Waals surface area contributed by atoms with Crippen LogP contribution in [0.3, 0.4) is 0 Å². The largest absolute Gasteiger partial charge is 0.311 e. The number of likely N-dealkylation sites (tertiary alicyclic amines) is 1. The van der Waals surface area contributed by atoms with Crippen LogP contribution in [-0.2, 0) is 6.54 Å². The van der Waals surface area contributed by atoms with E-state index in [-0.39, 0.29) is 0 Å². The van der Waals surface area contributed by atoms with Gasteiger partial charge in [0.25, 0.3) is 0 Å². The molecule has 0 aliphatic carbocycles. The Morgan fingerprint density at radius 1 is 1.50 bits per heavy atom. The summed E-state index contributed by atoms with van der Waals surface area (Å²) < 4.78 is 4.66. The predicted molar refractivity (Wildman–Crippen MR) is 61.0 cm³/mol. The molecule has 0 radical (unpaired) electrons. The van der Waals surface area contributed by atoms with Crippen molar-refractivity contribution in [2.75, 3.05) is 26.7 Å². The number of rotatable bonds is 4. The fourth-order valence-corrected chi connectivity index (χ4v) is 2.24. The van der Waals surface area contributed by atoms with Gasteiger partial charge < -0.3 is 10.2 Å². The summed E-state index contributed by atoms with van der Waals surface area (Å²) >= 11 is 0. The van der Waals surface area contributed by atoms with E-state index in [1.54, 1.807) is 0 Å². The van der Waals surface area contributed by atoms with Gasteiger partial charge in [0.05, 0.1) is 0 Å². The number of hydrogen-bond donors (Lipinski definition) is 1. The highest BCUT2D eigenvalue weighted by molar-refractivity contribution is 5.03. The Hall–Kier alpha value is -0.940. The molecule has 1 unspecified atom stereocenters. The van der Waals surface area contributed by atoms with Crippen molar-refractivity contribution in [2.45, 2.75) is 26.3 Å². The number of nitrogens with zero attached hydrogens (tertiary/aromatic N) is 3. The van der Waals surface area contributed by atoms with Crippen LogP contribution in [0.4, 0.5) is 0 Å². The molecule has 0 amide bonds. The molecule has 1 aliphatic heterocycles. The lowest BCUT2D eigenvalue weighted by molar-refractivity contribution is 0.206. The number of piperidine rings is 1. The maximum atomic E-state index is 4.66. The van der Waals surface area contributed by atoms with Crippen molar-refractivity contribution in [1.82, 2.24) is 20.5 Å². The van der Waals surface area contributed by atoms with Crippen LogP contribution in [0.1, 0.15) is 24.2 Å². The Bertz CT molecular complexity index is 326. The third-order valence-corrected chi connectivity index (χ3v) is 3.19. The Morgan fingerprint density at radius 2 is 2.38 bits per heavy atom. The van der Waals surface area contributed by atoms with Gasteiger partial charge in [-0.1, -0.05) is 10.3 Å². The van der Waals surface area contributed by atoms with Crippen molar-refractivity contribution in [2.24, 2.45) is 5.92 Å². The van der Waals surface area contributed by atoms with E-state index in [1.165, 1.54) is 25.9 Å². The lowest BCUT2D eigenvalue weighted by Gasteiger charge is -2.29.